The van der Waals surface area contributed by atoms with Crippen LogP contribution in [0.1, 0.15) is 36.3 Å². The van der Waals surface area contributed by atoms with Crippen LogP contribution in [-0.4, -0.2) is 36.2 Å². The summed E-state index contributed by atoms with van der Waals surface area (Å²) >= 11 is 0. The first kappa shape index (κ1) is 21.5. The third-order valence-electron chi connectivity index (χ3n) is 6.23. The Hall–Kier alpha value is -3.68. The van der Waals surface area contributed by atoms with Crippen molar-refractivity contribution in [3.63, 3.8) is 0 Å². The van der Waals surface area contributed by atoms with E-state index in [1.165, 1.54) is 19.2 Å². The van der Waals surface area contributed by atoms with Gasteiger partial charge in [-0.2, -0.15) is 0 Å². The number of nitro benzene ring substituents is 1. The Morgan fingerprint density at radius 1 is 1.12 bits per heavy atom. The minimum absolute atomic E-state index is 0.00494. The van der Waals surface area contributed by atoms with Gasteiger partial charge in [-0.25, -0.2) is 9.59 Å². The summed E-state index contributed by atoms with van der Waals surface area (Å²) in [4.78, 5) is 36.0. The number of nitrogens with zero attached hydrogens (tertiary/aromatic N) is 1. The molecule has 2 aromatic rings. The number of hydrogen-bond acceptors (Lipinski definition) is 7. The Morgan fingerprint density at radius 2 is 1.81 bits per heavy atom. The van der Waals surface area contributed by atoms with E-state index < -0.39 is 28.4 Å². The molecule has 1 fully saturated rings. The maximum absolute atomic E-state index is 13.0. The van der Waals surface area contributed by atoms with E-state index in [9.17, 15) is 19.7 Å². The molecule has 2 aliphatic rings. The number of hydrogen-bond donors (Lipinski definition) is 0. The number of carbonyl (C=O) groups excluding carboxylic acids is 2. The van der Waals surface area contributed by atoms with Crippen molar-refractivity contribution in [1.82, 2.24) is 0 Å². The molecule has 1 aliphatic carbocycles. The molecule has 0 radical (unpaired) electrons. The molecule has 8 nitrogen and oxygen atoms in total. The minimum Gasteiger partial charge on any atom is -0.468 e. The van der Waals surface area contributed by atoms with Gasteiger partial charge in [0.1, 0.15) is 0 Å². The Labute approximate surface area is 184 Å². The molecule has 0 spiro atoms. The summed E-state index contributed by atoms with van der Waals surface area (Å²) in [5.41, 5.74) is 0.420. The Morgan fingerprint density at radius 3 is 2.41 bits per heavy atom. The lowest BCUT2D eigenvalue weighted by molar-refractivity contribution is -0.384. The molecule has 0 N–H and O–H groups in total. The molecule has 166 valence electrons. The van der Waals surface area contributed by atoms with E-state index in [0.29, 0.717) is 0 Å². The van der Waals surface area contributed by atoms with Crippen molar-refractivity contribution >= 4 is 17.6 Å². The summed E-state index contributed by atoms with van der Waals surface area (Å²) in [6, 6.07) is 16.0. The quantitative estimate of drug-likeness (QED) is 0.384. The second kappa shape index (κ2) is 8.45. The monoisotopic (exact) mass is 437 g/mol. The summed E-state index contributed by atoms with van der Waals surface area (Å²) in [5, 5.41) is 11.1. The van der Waals surface area contributed by atoms with Crippen LogP contribution >= 0.6 is 0 Å². The molecule has 1 saturated carbocycles. The van der Waals surface area contributed by atoms with Gasteiger partial charge in [0.05, 0.1) is 18.6 Å². The molecule has 0 amide bonds. The normalized spacial score (nSPS) is 25.9. The van der Waals surface area contributed by atoms with Gasteiger partial charge >= 0.3 is 11.9 Å². The van der Waals surface area contributed by atoms with Gasteiger partial charge in [0.15, 0.2) is 0 Å². The van der Waals surface area contributed by atoms with Gasteiger partial charge in [0, 0.05) is 30.4 Å². The molecular formula is C24H23NO7. The highest BCUT2D eigenvalue weighted by atomic mass is 16.6. The average Bonchev–Trinajstić information content (AvgIpc) is 3.34. The summed E-state index contributed by atoms with van der Waals surface area (Å²) in [6.45, 7) is 1.88. The molecule has 8 heteroatoms. The topological polar surface area (TPSA) is 105 Å². The van der Waals surface area contributed by atoms with E-state index in [2.05, 4.69) is 0 Å². The minimum atomic E-state index is -1.39. The Balaban J connectivity index is 1.82. The molecule has 32 heavy (non-hydrogen) atoms. The predicted octanol–water partition coefficient (Wildman–Crippen LogP) is 3.87. The second-order valence-corrected chi connectivity index (χ2v) is 7.86. The number of benzene rings is 2. The summed E-state index contributed by atoms with van der Waals surface area (Å²) < 4.78 is 16.2. The Bertz CT molecular complexity index is 1060. The number of carbonyl (C=O) groups is 2. The lowest BCUT2D eigenvalue weighted by atomic mass is 9.78. The van der Waals surface area contributed by atoms with Gasteiger partial charge in [0.25, 0.3) is 5.69 Å². The van der Waals surface area contributed by atoms with Gasteiger partial charge in [-0.3, -0.25) is 10.1 Å². The van der Waals surface area contributed by atoms with Crippen LogP contribution in [0, 0.1) is 16.0 Å². The van der Waals surface area contributed by atoms with Crippen LogP contribution in [0.2, 0.25) is 0 Å². The highest BCUT2D eigenvalue weighted by molar-refractivity contribution is 5.91. The van der Waals surface area contributed by atoms with Crippen LogP contribution in [0.4, 0.5) is 5.69 Å². The average molecular weight is 437 g/mol. The SMILES string of the molecule is CCOC(=O)C1=CC2[C@H](c3ccccc3)[C@@H](c3ccc([N+](=O)[O-])cc3)C[C@@]2(C(=O)OC)O1. The van der Waals surface area contributed by atoms with Crippen LogP contribution in [0.15, 0.2) is 66.4 Å². The summed E-state index contributed by atoms with van der Waals surface area (Å²) in [5.74, 6) is -2.07. The van der Waals surface area contributed by atoms with E-state index in [1.54, 1.807) is 25.1 Å². The highest BCUT2D eigenvalue weighted by Crippen LogP contribution is 2.60. The third-order valence-corrected chi connectivity index (χ3v) is 6.23. The first-order chi connectivity index (χ1) is 15.4. The molecule has 4 rings (SSSR count). The van der Waals surface area contributed by atoms with Crippen molar-refractivity contribution in [1.29, 1.82) is 0 Å². The van der Waals surface area contributed by atoms with E-state index >= 15 is 0 Å². The molecule has 1 heterocycles. The van der Waals surface area contributed by atoms with E-state index in [0.717, 1.165) is 11.1 Å². The van der Waals surface area contributed by atoms with Crippen LogP contribution in [-0.2, 0) is 23.8 Å². The van der Waals surface area contributed by atoms with Crippen LogP contribution in [0.3, 0.4) is 0 Å². The molecular weight excluding hydrogens is 414 g/mol. The van der Waals surface area contributed by atoms with Crippen LogP contribution in [0.25, 0.3) is 0 Å². The van der Waals surface area contributed by atoms with Crippen molar-refractivity contribution in [3.8, 4) is 0 Å². The van der Waals surface area contributed by atoms with Crippen molar-refractivity contribution in [3.05, 3.63) is 87.7 Å². The lowest BCUT2D eigenvalue weighted by Crippen LogP contribution is -2.43. The zero-order valence-electron chi connectivity index (χ0n) is 17.7. The number of methoxy groups -OCH3 is 1. The number of esters is 2. The highest BCUT2D eigenvalue weighted by Gasteiger charge is 2.64. The summed E-state index contributed by atoms with van der Waals surface area (Å²) in [6.07, 6.45) is 1.92. The standard InChI is InChI=1S/C24H23NO7/c1-3-31-22(26)20-13-19-21(16-7-5-4-6-8-16)18(14-24(19,32-20)23(27)30-2)15-9-11-17(12-10-15)25(28)29/h4-13,18-19,21H,3,14H2,1-2H3/t18-,19?,21-,24-/m1/s1. The maximum Gasteiger partial charge on any atom is 0.373 e. The van der Waals surface area contributed by atoms with Gasteiger partial charge in [-0.15, -0.1) is 0 Å². The van der Waals surface area contributed by atoms with Crippen LogP contribution in [0.5, 0.6) is 0 Å². The number of ether oxygens (including phenoxy) is 3. The third kappa shape index (κ3) is 3.51. The number of fused-ring (bicyclic) bond motifs is 1. The fourth-order valence-corrected chi connectivity index (χ4v) is 4.90. The lowest BCUT2D eigenvalue weighted by Gasteiger charge is -2.27. The van der Waals surface area contributed by atoms with Crippen LogP contribution < -0.4 is 0 Å². The van der Waals surface area contributed by atoms with E-state index in [1.807, 2.05) is 30.3 Å². The molecule has 4 atom stereocenters. The zero-order valence-corrected chi connectivity index (χ0v) is 17.7. The summed E-state index contributed by atoms with van der Waals surface area (Å²) in [7, 11) is 1.29. The molecule has 0 saturated heterocycles. The first-order valence-electron chi connectivity index (χ1n) is 10.4. The van der Waals surface area contributed by atoms with Crippen molar-refractivity contribution in [2.45, 2.75) is 30.8 Å². The van der Waals surface area contributed by atoms with Crippen molar-refractivity contribution < 1.29 is 28.7 Å². The predicted molar refractivity (Wildman–Crippen MR) is 114 cm³/mol. The maximum atomic E-state index is 13.0. The van der Waals surface area contributed by atoms with Gasteiger partial charge in [-0.1, -0.05) is 42.5 Å². The number of nitro groups is 1. The first-order valence-corrected chi connectivity index (χ1v) is 10.4. The molecule has 1 unspecified atom stereocenters. The molecule has 0 aromatic heterocycles. The zero-order chi connectivity index (χ0) is 22.9. The molecule has 0 bridgehead atoms. The fraction of sp³-hybridized carbons (Fsp3) is 0.333. The van der Waals surface area contributed by atoms with E-state index in [-0.39, 0.29) is 36.3 Å². The van der Waals surface area contributed by atoms with Gasteiger partial charge < -0.3 is 14.2 Å². The second-order valence-electron chi connectivity index (χ2n) is 7.86. The van der Waals surface area contributed by atoms with Crippen molar-refractivity contribution in [2.75, 3.05) is 13.7 Å². The fourth-order valence-electron chi connectivity index (χ4n) is 4.90. The number of rotatable bonds is 6. The molecule has 1 aliphatic heterocycles. The smallest absolute Gasteiger partial charge is 0.373 e. The Kier molecular flexibility index (Phi) is 5.69. The van der Waals surface area contributed by atoms with Gasteiger partial charge in [0.2, 0.25) is 11.4 Å². The largest absolute Gasteiger partial charge is 0.468 e. The number of non-ortho nitro benzene ring substituents is 1. The van der Waals surface area contributed by atoms with E-state index in [4.69, 9.17) is 14.2 Å². The van der Waals surface area contributed by atoms with Crippen molar-refractivity contribution in [2.24, 2.45) is 5.92 Å². The molecule has 2 aromatic carbocycles. The van der Waals surface area contributed by atoms with Gasteiger partial charge in [-0.05, 0) is 30.0 Å².